The van der Waals surface area contributed by atoms with Crippen molar-refractivity contribution in [2.24, 2.45) is 0 Å². The zero-order valence-electron chi connectivity index (χ0n) is 20.8. The van der Waals surface area contributed by atoms with Gasteiger partial charge in [-0.1, -0.05) is 49.5 Å². The maximum Gasteiger partial charge on any atom is 0.316 e. The summed E-state index contributed by atoms with van der Waals surface area (Å²) in [5.41, 5.74) is 2.98. The normalized spacial score (nSPS) is 11.7. The van der Waals surface area contributed by atoms with Crippen molar-refractivity contribution in [3.05, 3.63) is 70.6 Å². The van der Waals surface area contributed by atoms with E-state index in [1.54, 1.807) is 0 Å². The van der Waals surface area contributed by atoms with Crippen LogP contribution < -0.4 is 0 Å². The maximum atomic E-state index is 9.49. The van der Waals surface area contributed by atoms with Gasteiger partial charge in [0.05, 0.1) is 5.52 Å². The lowest BCUT2D eigenvalue weighted by atomic mass is 9.96. The molecule has 0 aliphatic heterocycles. The Labute approximate surface area is 232 Å². The molecule has 0 radical (unpaired) electrons. The Kier molecular flexibility index (Phi) is 3.82. The first kappa shape index (κ1) is 21.9. The highest BCUT2D eigenvalue weighted by Crippen LogP contribution is 2.48. The molecule has 0 aliphatic rings. The molecular weight excluding hydrogens is 528 g/mol. The zero-order valence-corrected chi connectivity index (χ0v) is 20.8. The molecule has 0 atom stereocenters. The minimum Gasteiger partial charge on any atom is -0.370 e. The third-order valence-corrected chi connectivity index (χ3v) is 7.58. The lowest BCUT2D eigenvalue weighted by Gasteiger charge is -2.06. The number of hydrogen-bond donors (Lipinski definition) is 0. The van der Waals surface area contributed by atoms with Gasteiger partial charge >= 0.3 is 11.3 Å². The van der Waals surface area contributed by atoms with E-state index in [-0.39, 0.29) is 45.6 Å². The smallest absolute Gasteiger partial charge is 0.316 e. The summed E-state index contributed by atoms with van der Waals surface area (Å²) in [7, 11) is 0. The number of benzene rings is 3. The minimum absolute atomic E-state index is 0.102. The zero-order chi connectivity index (χ0) is 28.3. The van der Waals surface area contributed by atoms with Gasteiger partial charge in [-0.2, -0.15) is 20.5 Å². The van der Waals surface area contributed by atoms with Crippen LogP contribution in [-0.4, -0.2) is 39.9 Å². The number of rotatable bonds is 0. The van der Waals surface area contributed by atoms with Crippen LogP contribution in [0.15, 0.2) is 36.4 Å². The van der Waals surface area contributed by atoms with Crippen LogP contribution in [0.25, 0.3) is 97.4 Å². The van der Waals surface area contributed by atoms with E-state index in [0.29, 0.717) is 22.1 Å². The summed E-state index contributed by atoms with van der Waals surface area (Å²) in [5, 5.41) is 26.1. The number of fused-ring (bicyclic) bond motifs is 10. The Hall–Kier alpha value is -7.02. The van der Waals surface area contributed by atoms with Crippen LogP contribution >= 0.6 is 0 Å². The van der Waals surface area contributed by atoms with Crippen LogP contribution in [0, 0.1) is 35.8 Å². The molecule has 0 saturated heterocycles. The Bertz CT molecular complexity index is 2700. The van der Waals surface area contributed by atoms with E-state index >= 15 is 0 Å². The molecule has 4 aromatic heterocycles. The molecule has 5 aromatic carbocycles. The molecule has 0 fully saturated rings. The predicted octanol–water partition coefficient (Wildman–Crippen LogP) is 5.79. The summed E-state index contributed by atoms with van der Waals surface area (Å²) >= 11 is 0. The number of nitrogens with zero attached hydrogens (tertiary/aromatic N) is 12. The lowest BCUT2D eigenvalue weighted by Crippen LogP contribution is -1.99. The second kappa shape index (κ2) is 7.34. The largest absolute Gasteiger partial charge is 0.370 e. The fourth-order valence-electron chi connectivity index (χ4n) is 6.00. The van der Waals surface area contributed by atoms with Crippen molar-refractivity contribution in [3.63, 3.8) is 0 Å². The first-order valence-electron chi connectivity index (χ1n) is 12.4. The second-order valence-electron chi connectivity index (χ2n) is 9.58. The highest BCUT2D eigenvalue weighted by atomic mass is 15.1. The quantitative estimate of drug-likeness (QED) is 0.172. The molecule has 0 saturated carbocycles. The van der Waals surface area contributed by atoms with Gasteiger partial charge in [-0.05, 0) is 10.8 Å². The monoisotopic (exact) mass is 534 g/mol. The molecule has 0 amide bonds. The average Bonchev–Trinajstić information content (AvgIpc) is 3.53. The number of hydrogen-bond acceptors (Lipinski definition) is 10. The fraction of sp³-hybridized carbons (Fsp3) is 0. The Balaban J connectivity index is 1.53. The van der Waals surface area contributed by atoms with Gasteiger partial charge in [0, 0.05) is 32.3 Å². The second-order valence-corrected chi connectivity index (χ2v) is 9.58. The van der Waals surface area contributed by atoms with Crippen molar-refractivity contribution in [2.45, 2.75) is 0 Å². The van der Waals surface area contributed by atoms with E-state index in [1.165, 1.54) is 0 Å². The fourth-order valence-corrected chi connectivity index (χ4v) is 6.00. The third-order valence-electron chi connectivity index (χ3n) is 7.58. The van der Waals surface area contributed by atoms with Gasteiger partial charge in [0.15, 0.2) is 22.7 Å². The summed E-state index contributed by atoms with van der Waals surface area (Å²) in [5.74, 6) is -0.229. The van der Waals surface area contributed by atoms with Gasteiger partial charge in [-0.15, -0.1) is 9.97 Å². The molecule has 0 bridgehead atoms. The maximum absolute atomic E-state index is 9.49. The van der Waals surface area contributed by atoms with Crippen molar-refractivity contribution in [2.75, 3.05) is 0 Å². The molecule has 42 heavy (non-hydrogen) atoms. The highest BCUT2D eigenvalue weighted by Gasteiger charge is 2.26. The Morgan fingerprint density at radius 1 is 0.476 bits per heavy atom. The summed E-state index contributed by atoms with van der Waals surface area (Å²) in [6.45, 7) is 14.8. The van der Waals surface area contributed by atoms with Crippen LogP contribution in [0.1, 0.15) is 11.4 Å². The van der Waals surface area contributed by atoms with Crippen molar-refractivity contribution in [1.82, 2.24) is 39.9 Å². The van der Waals surface area contributed by atoms with E-state index in [9.17, 15) is 10.5 Å². The number of aromatic nitrogens is 8. The van der Waals surface area contributed by atoms with Gasteiger partial charge in [-0.3, -0.25) is 0 Å². The van der Waals surface area contributed by atoms with Crippen LogP contribution in [0.2, 0.25) is 0 Å². The predicted molar refractivity (Wildman–Crippen MR) is 153 cm³/mol. The van der Waals surface area contributed by atoms with Gasteiger partial charge in [0.25, 0.3) is 11.6 Å². The Morgan fingerprint density at radius 3 is 1.26 bits per heavy atom. The van der Waals surface area contributed by atoms with E-state index in [4.69, 9.17) is 33.1 Å². The summed E-state index contributed by atoms with van der Waals surface area (Å²) in [6.07, 6.45) is 0. The number of nitriles is 2. The molecule has 4 heterocycles. The van der Waals surface area contributed by atoms with Gasteiger partial charge in [0.2, 0.25) is 0 Å². The summed E-state index contributed by atoms with van der Waals surface area (Å²) < 4.78 is 0. The molecule has 9 rings (SSSR count). The molecule has 0 aliphatic carbocycles. The first-order chi connectivity index (χ1) is 20.6. The van der Waals surface area contributed by atoms with Crippen LogP contribution in [0.5, 0.6) is 0 Å². The molecule has 9 aromatic rings. The van der Waals surface area contributed by atoms with Crippen molar-refractivity contribution >= 4 is 99.4 Å². The van der Waals surface area contributed by atoms with E-state index in [2.05, 4.69) is 29.6 Å². The average molecular weight is 534 g/mol. The van der Waals surface area contributed by atoms with Crippen LogP contribution in [-0.2, 0) is 0 Å². The van der Waals surface area contributed by atoms with Gasteiger partial charge in [-0.25, -0.2) is 19.9 Å². The Morgan fingerprint density at radius 2 is 0.857 bits per heavy atom. The summed E-state index contributed by atoms with van der Waals surface area (Å²) in [6, 6.07) is 15.6. The van der Waals surface area contributed by atoms with Crippen molar-refractivity contribution in [3.8, 4) is 12.1 Å². The molecule has 12 nitrogen and oxygen atoms in total. The minimum atomic E-state index is -0.117. The molecule has 12 heteroatoms. The van der Waals surface area contributed by atoms with Crippen LogP contribution in [0.3, 0.4) is 0 Å². The molecule has 0 unspecified atom stereocenters. The topological polar surface area (TPSA) is 159 Å². The highest BCUT2D eigenvalue weighted by molar-refractivity contribution is 6.46. The lowest BCUT2D eigenvalue weighted by molar-refractivity contribution is 1.14. The summed E-state index contributed by atoms with van der Waals surface area (Å²) in [4.78, 5) is 43.1. The molecular formula is C30H6N12. The standard InChI is InChI=1S/C30H6N12/c1-33-25-26(34-2)42-30-29(41-25)38-22-14-8-4-5-11-18(14)20(24(22)40-30)12-6-3-7-13-17(12)19(11)23-21(13)37-27-28(39-23)36-16(10-32)15(9-31)35-27/h3-8H. The van der Waals surface area contributed by atoms with E-state index in [0.717, 1.165) is 43.1 Å². The van der Waals surface area contributed by atoms with Crippen molar-refractivity contribution in [1.29, 1.82) is 10.5 Å². The van der Waals surface area contributed by atoms with Gasteiger partial charge in [0.1, 0.15) is 28.7 Å². The third kappa shape index (κ3) is 2.46. The van der Waals surface area contributed by atoms with E-state index < -0.39 is 0 Å². The van der Waals surface area contributed by atoms with Crippen molar-refractivity contribution < 1.29 is 0 Å². The first-order valence-corrected chi connectivity index (χ1v) is 12.4. The molecule has 186 valence electrons. The van der Waals surface area contributed by atoms with E-state index in [1.807, 2.05) is 48.5 Å². The molecule has 0 N–H and O–H groups in total. The SMILES string of the molecule is [C-]#[N+]c1nc2nc3c4cccc5c4c(c4cccc6c7nc8nc(C#N)c(C#N)nc8nc7c5c64)c3nc2nc1[N+]#[C-]. The van der Waals surface area contributed by atoms with Gasteiger partial charge < -0.3 is 9.69 Å². The van der Waals surface area contributed by atoms with Crippen LogP contribution in [0.4, 0.5) is 11.6 Å². The molecule has 0 spiro atoms.